The molecule has 0 aliphatic carbocycles. The summed E-state index contributed by atoms with van der Waals surface area (Å²) in [5.41, 5.74) is 1.52. The van der Waals surface area contributed by atoms with Crippen LogP contribution in [0.2, 0.25) is 0 Å². The lowest BCUT2D eigenvalue weighted by atomic mass is 10.1. The van der Waals surface area contributed by atoms with Gasteiger partial charge in [-0.25, -0.2) is 4.79 Å². The molecule has 4 rings (SSSR count). The largest absolute Gasteiger partial charge is 0.497 e. The predicted molar refractivity (Wildman–Crippen MR) is 129 cm³/mol. The number of ether oxygens (including phenoxy) is 2. The first-order valence-electron chi connectivity index (χ1n) is 10.3. The van der Waals surface area contributed by atoms with Crippen LogP contribution in [0.3, 0.4) is 0 Å². The summed E-state index contributed by atoms with van der Waals surface area (Å²) in [6.07, 6.45) is 1.37. The highest BCUT2D eigenvalue weighted by Gasteiger charge is 2.34. The van der Waals surface area contributed by atoms with Crippen LogP contribution in [0.1, 0.15) is 23.0 Å². The molecule has 8 nitrogen and oxygen atoms in total. The maximum Gasteiger partial charge on any atom is 0.338 e. The first-order valence-corrected chi connectivity index (χ1v) is 10.7. The summed E-state index contributed by atoms with van der Waals surface area (Å²) in [5.74, 6) is -0.150. The van der Waals surface area contributed by atoms with Crippen LogP contribution in [0.15, 0.2) is 70.7 Å². The molecule has 1 aliphatic heterocycles. The van der Waals surface area contributed by atoms with E-state index in [4.69, 9.17) is 26.1 Å². The number of amides is 2. The number of hydrogen-bond acceptors (Lipinski definition) is 7. The van der Waals surface area contributed by atoms with Gasteiger partial charge in [-0.2, -0.15) is 0 Å². The minimum atomic E-state index is -0.614. The van der Waals surface area contributed by atoms with E-state index < -0.39 is 17.8 Å². The van der Waals surface area contributed by atoms with E-state index in [1.54, 1.807) is 74.7 Å². The van der Waals surface area contributed by atoms with E-state index in [9.17, 15) is 14.4 Å². The predicted octanol–water partition coefficient (Wildman–Crippen LogP) is 3.96. The molecular weight excluding hydrogens is 456 g/mol. The third-order valence-corrected chi connectivity index (χ3v) is 5.31. The molecule has 1 fully saturated rings. The Labute approximate surface area is 200 Å². The van der Waals surface area contributed by atoms with Crippen molar-refractivity contribution in [3.05, 3.63) is 77.6 Å². The number of rotatable bonds is 6. The van der Waals surface area contributed by atoms with Crippen molar-refractivity contribution in [2.75, 3.05) is 18.6 Å². The SMILES string of the molecule is CCOC(=O)c1ccc(-c2ccc(/C=C3\C(=O)NC(=S)N(c4ccc(OC)cc4)C3=O)o2)cc1. The van der Waals surface area contributed by atoms with Crippen LogP contribution >= 0.6 is 12.2 Å². The maximum atomic E-state index is 13.1. The summed E-state index contributed by atoms with van der Waals surface area (Å²) in [6, 6.07) is 16.8. The minimum Gasteiger partial charge on any atom is -0.497 e. The average molecular weight is 477 g/mol. The fourth-order valence-electron chi connectivity index (χ4n) is 3.34. The van der Waals surface area contributed by atoms with Crippen molar-refractivity contribution in [1.82, 2.24) is 5.32 Å². The third kappa shape index (κ3) is 4.60. The number of methoxy groups -OCH3 is 1. The van der Waals surface area contributed by atoms with E-state index in [-0.39, 0.29) is 10.7 Å². The first kappa shape index (κ1) is 22.9. The Morgan fingerprint density at radius 3 is 2.41 bits per heavy atom. The summed E-state index contributed by atoms with van der Waals surface area (Å²) in [7, 11) is 1.54. The van der Waals surface area contributed by atoms with Gasteiger partial charge in [-0.15, -0.1) is 0 Å². The van der Waals surface area contributed by atoms with E-state index >= 15 is 0 Å². The second kappa shape index (κ2) is 9.72. The Kier molecular flexibility index (Phi) is 6.55. The molecule has 0 bridgehead atoms. The molecule has 1 saturated heterocycles. The first-order chi connectivity index (χ1) is 16.4. The quantitative estimate of drug-likeness (QED) is 0.249. The third-order valence-electron chi connectivity index (χ3n) is 5.03. The van der Waals surface area contributed by atoms with Gasteiger partial charge >= 0.3 is 5.97 Å². The lowest BCUT2D eigenvalue weighted by Gasteiger charge is -2.28. The highest BCUT2D eigenvalue weighted by atomic mass is 32.1. The van der Waals surface area contributed by atoms with Crippen molar-refractivity contribution in [3.63, 3.8) is 0 Å². The Bertz CT molecular complexity index is 1290. The highest BCUT2D eigenvalue weighted by Crippen LogP contribution is 2.27. The van der Waals surface area contributed by atoms with Crippen molar-refractivity contribution in [2.45, 2.75) is 6.92 Å². The van der Waals surface area contributed by atoms with E-state index in [1.807, 2.05) is 0 Å². The molecule has 0 radical (unpaired) electrons. The molecular formula is C25H20N2O6S. The zero-order valence-corrected chi connectivity index (χ0v) is 19.2. The minimum absolute atomic E-state index is 0.0147. The zero-order chi connectivity index (χ0) is 24.2. The molecule has 3 aromatic rings. The van der Waals surface area contributed by atoms with Gasteiger partial charge < -0.3 is 13.9 Å². The van der Waals surface area contributed by atoms with Crippen molar-refractivity contribution in [1.29, 1.82) is 0 Å². The zero-order valence-electron chi connectivity index (χ0n) is 18.4. The van der Waals surface area contributed by atoms with Crippen molar-refractivity contribution in [3.8, 4) is 17.1 Å². The molecule has 2 heterocycles. The van der Waals surface area contributed by atoms with Gasteiger partial charge in [-0.3, -0.25) is 19.8 Å². The van der Waals surface area contributed by atoms with Crippen LogP contribution in [0.4, 0.5) is 5.69 Å². The molecule has 2 amide bonds. The van der Waals surface area contributed by atoms with Crippen LogP contribution in [0, 0.1) is 0 Å². The number of carbonyl (C=O) groups excluding carboxylic acids is 3. The number of nitrogens with zero attached hydrogens (tertiary/aromatic N) is 1. The van der Waals surface area contributed by atoms with Gasteiger partial charge in [-0.05, 0) is 73.7 Å². The fraction of sp³-hybridized carbons (Fsp3) is 0.120. The van der Waals surface area contributed by atoms with Gasteiger partial charge in [0.05, 0.1) is 25.0 Å². The van der Waals surface area contributed by atoms with Crippen molar-refractivity contribution >= 4 is 46.9 Å². The normalized spacial score (nSPS) is 14.8. The second-order valence-electron chi connectivity index (χ2n) is 7.16. The van der Waals surface area contributed by atoms with Gasteiger partial charge in [0.25, 0.3) is 11.8 Å². The van der Waals surface area contributed by atoms with Gasteiger partial charge in [-0.1, -0.05) is 12.1 Å². The molecule has 1 aromatic heterocycles. The van der Waals surface area contributed by atoms with Crippen LogP contribution < -0.4 is 15.0 Å². The maximum absolute atomic E-state index is 13.1. The molecule has 1 N–H and O–H groups in total. The standard InChI is InChI=1S/C25H20N2O6S/c1-3-32-24(30)16-6-4-15(5-7-16)21-13-12-19(33-21)14-20-22(28)26-25(34)27(23(20)29)17-8-10-18(31-2)11-9-17/h4-14H,3H2,1-2H3,(H,26,28,34)/b20-14+. The van der Waals surface area contributed by atoms with Gasteiger partial charge in [0.1, 0.15) is 22.8 Å². The lowest BCUT2D eigenvalue weighted by Crippen LogP contribution is -2.54. The second-order valence-corrected chi connectivity index (χ2v) is 7.54. The number of benzene rings is 2. The summed E-state index contributed by atoms with van der Waals surface area (Å²) < 4.78 is 15.9. The Morgan fingerprint density at radius 2 is 1.76 bits per heavy atom. The molecule has 0 saturated carbocycles. The molecule has 172 valence electrons. The fourth-order valence-corrected chi connectivity index (χ4v) is 3.62. The molecule has 0 atom stereocenters. The van der Waals surface area contributed by atoms with Crippen LogP contribution in [0.5, 0.6) is 5.75 Å². The van der Waals surface area contributed by atoms with Crippen LogP contribution in [0.25, 0.3) is 17.4 Å². The molecule has 0 spiro atoms. The van der Waals surface area contributed by atoms with Gasteiger partial charge in [0.15, 0.2) is 5.11 Å². The number of nitrogens with one attached hydrogen (secondary N) is 1. The summed E-state index contributed by atoms with van der Waals surface area (Å²) >= 11 is 5.21. The lowest BCUT2D eigenvalue weighted by molar-refractivity contribution is -0.122. The summed E-state index contributed by atoms with van der Waals surface area (Å²) in [6.45, 7) is 2.04. The van der Waals surface area contributed by atoms with E-state index in [0.29, 0.717) is 35.1 Å². The average Bonchev–Trinajstić information content (AvgIpc) is 3.31. The number of thiocarbonyl (C=S) groups is 1. The monoisotopic (exact) mass is 476 g/mol. The smallest absolute Gasteiger partial charge is 0.338 e. The Morgan fingerprint density at radius 1 is 1.06 bits per heavy atom. The molecule has 2 aromatic carbocycles. The van der Waals surface area contributed by atoms with Crippen LogP contribution in [-0.2, 0) is 14.3 Å². The summed E-state index contributed by atoms with van der Waals surface area (Å²) in [5, 5.41) is 2.52. The van der Waals surface area contributed by atoms with E-state index in [0.717, 1.165) is 5.56 Å². The number of furan rings is 1. The number of hydrogen-bond donors (Lipinski definition) is 1. The molecule has 9 heteroatoms. The van der Waals surface area contributed by atoms with Crippen molar-refractivity contribution in [2.24, 2.45) is 0 Å². The number of carbonyl (C=O) groups is 3. The van der Waals surface area contributed by atoms with Crippen molar-refractivity contribution < 1.29 is 28.3 Å². The highest BCUT2D eigenvalue weighted by molar-refractivity contribution is 7.80. The topological polar surface area (TPSA) is 98.1 Å². The number of anilines is 1. The molecule has 34 heavy (non-hydrogen) atoms. The number of esters is 1. The summed E-state index contributed by atoms with van der Waals surface area (Å²) in [4.78, 5) is 38.7. The Hall–Kier alpha value is -4.24. The van der Waals surface area contributed by atoms with Gasteiger partial charge in [0, 0.05) is 5.56 Å². The molecule has 0 unspecified atom stereocenters. The molecule has 1 aliphatic rings. The van der Waals surface area contributed by atoms with E-state index in [2.05, 4.69) is 5.32 Å². The Balaban J connectivity index is 1.58. The van der Waals surface area contributed by atoms with E-state index in [1.165, 1.54) is 11.0 Å². The van der Waals surface area contributed by atoms with Gasteiger partial charge in [0.2, 0.25) is 0 Å². The van der Waals surface area contributed by atoms with Crippen LogP contribution in [-0.4, -0.2) is 36.6 Å².